The van der Waals surface area contributed by atoms with Gasteiger partial charge in [-0.15, -0.1) is 11.3 Å². The molecule has 0 aliphatic rings. The smallest absolute Gasteiger partial charge is 0.267 e. The summed E-state index contributed by atoms with van der Waals surface area (Å²) in [6.07, 6.45) is 0. The molecule has 108 valence electrons. The van der Waals surface area contributed by atoms with Crippen molar-refractivity contribution in [2.45, 2.75) is 0 Å². The van der Waals surface area contributed by atoms with E-state index in [9.17, 15) is 18.0 Å². The van der Waals surface area contributed by atoms with E-state index in [0.29, 0.717) is 17.7 Å². The van der Waals surface area contributed by atoms with Crippen molar-refractivity contribution in [2.75, 3.05) is 11.9 Å². The summed E-state index contributed by atoms with van der Waals surface area (Å²) in [7, 11) is 0. The predicted molar refractivity (Wildman–Crippen MR) is 72.6 cm³/mol. The molecular formula is C14H8F3NO2S. The number of amides is 1. The highest BCUT2D eigenvalue weighted by Gasteiger charge is 2.18. The van der Waals surface area contributed by atoms with Gasteiger partial charge >= 0.3 is 0 Å². The van der Waals surface area contributed by atoms with Crippen LogP contribution in [0.4, 0.5) is 18.9 Å². The zero-order valence-corrected chi connectivity index (χ0v) is 11.2. The van der Waals surface area contributed by atoms with E-state index in [0.717, 1.165) is 11.3 Å². The first-order valence-electron chi connectivity index (χ1n) is 5.66. The van der Waals surface area contributed by atoms with Crippen molar-refractivity contribution in [3.8, 4) is 11.8 Å². The Balaban J connectivity index is 2.29. The van der Waals surface area contributed by atoms with Crippen LogP contribution < -0.4 is 5.32 Å². The van der Waals surface area contributed by atoms with Gasteiger partial charge in [-0.1, -0.05) is 11.8 Å². The third-order valence-electron chi connectivity index (χ3n) is 2.42. The van der Waals surface area contributed by atoms with E-state index in [2.05, 4.69) is 11.8 Å². The van der Waals surface area contributed by atoms with Crippen LogP contribution >= 0.6 is 11.3 Å². The topological polar surface area (TPSA) is 49.3 Å². The molecule has 0 aliphatic carbocycles. The van der Waals surface area contributed by atoms with E-state index in [1.54, 1.807) is 11.4 Å². The summed E-state index contributed by atoms with van der Waals surface area (Å²) in [4.78, 5) is 12.1. The first-order valence-corrected chi connectivity index (χ1v) is 6.54. The van der Waals surface area contributed by atoms with Gasteiger partial charge in [0.1, 0.15) is 23.0 Å². The highest BCUT2D eigenvalue weighted by atomic mass is 32.1. The first-order chi connectivity index (χ1) is 10.0. The van der Waals surface area contributed by atoms with E-state index >= 15 is 0 Å². The van der Waals surface area contributed by atoms with Gasteiger partial charge in [0.05, 0.1) is 0 Å². The van der Waals surface area contributed by atoms with Crippen molar-refractivity contribution in [3.63, 3.8) is 0 Å². The second-order valence-electron chi connectivity index (χ2n) is 3.82. The zero-order valence-electron chi connectivity index (χ0n) is 10.4. The minimum atomic E-state index is -1.21. The Bertz CT molecular complexity index is 723. The second kappa shape index (κ2) is 6.43. The molecule has 1 aromatic carbocycles. The number of hydrogen-bond acceptors (Lipinski definition) is 3. The van der Waals surface area contributed by atoms with Crippen LogP contribution in [0.25, 0.3) is 0 Å². The normalized spacial score (nSPS) is 9.90. The van der Waals surface area contributed by atoms with Crippen LogP contribution in [0.2, 0.25) is 0 Å². The lowest BCUT2D eigenvalue weighted by Crippen LogP contribution is -2.14. The van der Waals surface area contributed by atoms with Crippen molar-refractivity contribution >= 4 is 22.9 Å². The largest absolute Gasteiger partial charge is 0.384 e. The third-order valence-corrected chi connectivity index (χ3v) is 3.33. The summed E-state index contributed by atoms with van der Waals surface area (Å²) in [6, 6.07) is 2.48. The number of aliphatic hydroxyl groups excluding tert-OH is 1. The van der Waals surface area contributed by atoms with Crippen molar-refractivity contribution in [2.24, 2.45) is 0 Å². The molecule has 1 heterocycles. The van der Waals surface area contributed by atoms with E-state index in [1.807, 2.05) is 5.32 Å². The third kappa shape index (κ3) is 3.42. The average Bonchev–Trinajstić information content (AvgIpc) is 2.88. The van der Waals surface area contributed by atoms with Gasteiger partial charge in [-0.05, 0) is 11.4 Å². The maximum absolute atomic E-state index is 13.5. The Morgan fingerprint density at radius 1 is 1.29 bits per heavy atom. The van der Waals surface area contributed by atoms with E-state index in [-0.39, 0.29) is 11.5 Å². The molecule has 0 fully saturated rings. The number of nitrogens with one attached hydrogen (secondary N) is 1. The fourth-order valence-corrected chi connectivity index (χ4v) is 2.29. The van der Waals surface area contributed by atoms with Crippen LogP contribution in [0.1, 0.15) is 15.2 Å². The number of aliphatic hydroxyl groups is 1. The predicted octanol–water partition coefficient (Wildman–Crippen LogP) is 2.76. The van der Waals surface area contributed by atoms with Gasteiger partial charge in [-0.2, -0.15) is 0 Å². The Hall–Kier alpha value is -2.30. The Kier molecular flexibility index (Phi) is 4.62. The number of carbonyl (C=O) groups is 1. The molecule has 21 heavy (non-hydrogen) atoms. The van der Waals surface area contributed by atoms with Crippen molar-refractivity contribution in [1.82, 2.24) is 0 Å². The Morgan fingerprint density at radius 2 is 1.95 bits per heavy atom. The van der Waals surface area contributed by atoms with Gasteiger partial charge in [0.2, 0.25) is 0 Å². The molecule has 2 rings (SSSR count). The molecule has 0 bridgehead atoms. The molecular weight excluding hydrogens is 303 g/mol. The zero-order chi connectivity index (χ0) is 15.4. The number of thiophene rings is 1. The van der Waals surface area contributed by atoms with Gasteiger partial charge in [0, 0.05) is 17.7 Å². The molecule has 1 aromatic heterocycles. The average molecular weight is 311 g/mol. The van der Waals surface area contributed by atoms with Crippen molar-refractivity contribution < 1.29 is 23.1 Å². The van der Waals surface area contributed by atoms with Crippen LogP contribution in [0.5, 0.6) is 0 Å². The van der Waals surface area contributed by atoms with E-state index < -0.39 is 29.0 Å². The number of benzene rings is 1. The standard InChI is InChI=1S/C14H8F3NO2S/c15-9-6-10(16)12(11(17)7-9)18-14(20)13-8(2-1-4-19)3-5-21-13/h3,5-7,19H,4H2,(H,18,20). The van der Waals surface area contributed by atoms with Gasteiger partial charge in [-0.25, -0.2) is 13.2 Å². The van der Waals surface area contributed by atoms with Gasteiger partial charge in [0.25, 0.3) is 5.91 Å². The lowest BCUT2D eigenvalue weighted by atomic mass is 10.2. The lowest BCUT2D eigenvalue weighted by molar-refractivity contribution is 0.102. The fourth-order valence-electron chi connectivity index (χ4n) is 1.55. The van der Waals surface area contributed by atoms with Crippen LogP contribution in [0, 0.1) is 29.3 Å². The molecule has 2 N–H and O–H groups in total. The lowest BCUT2D eigenvalue weighted by Gasteiger charge is -2.07. The minimum absolute atomic E-state index is 0.138. The molecule has 2 aromatic rings. The summed E-state index contributed by atoms with van der Waals surface area (Å²) < 4.78 is 39.7. The number of carbonyl (C=O) groups excluding carboxylic acids is 1. The monoisotopic (exact) mass is 311 g/mol. The number of anilines is 1. The number of halogens is 3. The van der Waals surface area contributed by atoms with Crippen molar-refractivity contribution in [3.05, 3.63) is 51.5 Å². The molecule has 1 amide bonds. The van der Waals surface area contributed by atoms with Crippen LogP contribution in [-0.2, 0) is 0 Å². The second-order valence-corrected chi connectivity index (χ2v) is 4.74. The summed E-state index contributed by atoms with van der Waals surface area (Å²) >= 11 is 1.03. The molecule has 3 nitrogen and oxygen atoms in total. The molecule has 0 radical (unpaired) electrons. The van der Waals surface area contributed by atoms with Gasteiger partial charge < -0.3 is 10.4 Å². The summed E-state index contributed by atoms with van der Waals surface area (Å²) in [6.45, 7) is -0.377. The SMILES string of the molecule is O=C(Nc1c(F)cc(F)cc1F)c1sccc1C#CCO. The maximum Gasteiger partial charge on any atom is 0.267 e. The van der Waals surface area contributed by atoms with Crippen LogP contribution in [-0.4, -0.2) is 17.6 Å². The first kappa shape index (κ1) is 15.1. The summed E-state index contributed by atoms with van der Waals surface area (Å²) in [5.41, 5.74) is -0.398. The van der Waals surface area contributed by atoms with E-state index in [1.165, 1.54) is 0 Å². The minimum Gasteiger partial charge on any atom is -0.384 e. The molecule has 0 aliphatic heterocycles. The molecule has 0 unspecified atom stereocenters. The highest BCUT2D eigenvalue weighted by Crippen LogP contribution is 2.23. The van der Waals surface area contributed by atoms with Crippen molar-refractivity contribution in [1.29, 1.82) is 0 Å². The Labute approximate surface area is 122 Å². The van der Waals surface area contributed by atoms with Gasteiger partial charge in [-0.3, -0.25) is 4.79 Å². The fraction of sp³-hybridized carbons (Fsp3) is 0.0714. The highest BCUT2D eigenvalue weighted by molar-refractivity contribution is 7.12. The molecule has 7 heteroatoms. The quantitative estimate of drug-likeness (QED) is 0.838. The van der Waals surface area contributed by atoms with Gasteiger partial charge in [0.15, 0.2) is 11.6 Å². The van der Waals surface area contributed by atoms with E-state index in [4.69, 9.17) is 5.11 Å². The number of hydrogen-bond donors (Lipinski definition) is 2. The number of rotatable bonds is 2. The molecule has 0 saturated heterocycles. The maximum atomic E-state index is 13.5. The summed E-state index contributed by atoms with van der Waals surface area (Å²) in [5.74, 6) is 0.666. The molecule has 0 atom stereocenters. The van der Waals surface area contributed by atoms with Crippen LogP contribution in [0.3, 0.4) is 0 Å². The Morgan fingerprint density at radius 3 is 2.57 bits per heavy atom. The van der Waals surface area contributed by atoms with Crippen LogP contribution in [0.15, 0.2) is 23.6 Å². The molecule has 0 spiro atoms. The molecule has 0 saturated carbocycles. The summed E-state index contributed by atoms with van der Waals surface area (Å²) in [5, 5.41) is 12.2.